The van der Waals surface area contributed by atoms with E-state index >= 15 is 0 Å². The van der Waals surface area contributed by atoms with Gasteiger partial charge in [0.25, 0.3) is 11.8 Å². The average Bonchev–Trinajstić information content (AvgIpc) is 3.16. The van der Waals surface area contributed by atoms with E-state index in [0.717, 1.165) is 5.56 Å². The highest BCUT2D eigenvalue weighted by molar-refractivity contribution is 5.78. The number of benzene rings is 2. The molecule has 1 amide bonds. The second-order valence-electron chi connectivity index (χ2n) is 7.24. The van der Waals surface area contributed by atoms with E-state index < -0.39 is 0 Å². The van der Waals surface area contributed by atoms with Crippen molar-refractivity contribution in [3.05, 3.63) is 48.5 Å². The van der Waals surface area contributed by atoms with Crippen molar-refractivity contribution in [3.63, 3.8) is 0 Å². The first-order valence-electron chi connectivity index (χ1n) is 8.87. The third kappa shape index (κ3) is 4.88. The van der Waals surface area contributed by atoms with Crippen molar-refractivity contribution >= 4 is 5.91 Å². The van der Waals surface area contributed by atoms with Gasteiger partial charge in [-0.05, 0) is 51.1 Å². The molecule has 3 aromatic rings. The van der Waals surface area contributed by atoms with Crippen molar-refractivity contribution in [2.75, 3.05) is 13.7 Å². The fraction of sp³-hybridized carbons (Fsp3) is 0.286. The van der Waals surface area contributed by atoms with Crippen molar-refractivity contribution < 1.29 is 18.8 Å². The van der Waals surface area contributed by atoms with E-state index in [1.807, 2.05) is 51.1 Å². The number of ether oxygens (including phenoxy) is 2. The molecule has 0 aliphatic carbocycles. The van der Waals surface area contributed by atoms with Crippen LogP contribution < -0.4 is 14.8 Å². The summed E-state index contributed by atoms with van der Waals surface area (Å²) >= 11 is 0. The lowest BCUT2D eigenvalue weighted by atomic mass is 10.1. The summed E-state index contributed by atoms with van der Waals surface area (Å²) in [6, 6.07) is 14.8. The number of hydrogen-bond donors (Lipinski definition) is 1. The van der Waals surface area contributed by atoms with Crippen LogP contribution in [-0.4, -0.2) is 35.3 Å². The molecule has 1 heterocycles. The molecule has 0 fully saturated rings. The summed E-state index contributed by atoms with van der Waals surface area (Å²) in [5, 5.41) is 6.88. The van der Waals surface area contributed by atoms with Crippen LogP contribution in [0.3, 0.4) is 0 Å². The molecule has 146 valence electrons. The largest absolute Gasteiger partial charge is 0.493 e. The number of carbonyl (C=O) groups is 1. The standard InChI is InChI=1S/C21H23N3O4/c1-21(2,3)23-18(25)13-27-16-11-10-15(12-17(16)26-4)19-22-20(28-24-19)14-8-6-5-7-9-14/h5-12H,13H2,1-4H3,(H,23,25). The Balaban J connectivity index is 1.75. The Bertz CT molecular complexity index is 946. The van der Waals surface area contributed by atoms with E-state index in [1.165, 1.54) is 7.11 Å². The number of methoxy groups -OCH3 is 1. The number of amides is 1. The molecule has 0 saturated carbocycles. The maximum absolute atomic E-state index is 11.9. The van der Waals surface area contributed by atoms with Gasteiger partial charge in [-0.25, -0.2) is 0 Å². The normalized spacial score (nSPS) is 11.1. The van der Waals surface area contributed by atoms with Crippen molar-refractivity contribution in [1.29, 1.82) is 0 Å². The van der Waals surface area contributed by atoms with Gasteiger partial charge in [0.15, 0.2) is 18.1 Å². The lowest BCUT2D eigenvalue weighted by Crippen LogP contribution is -2.43. The third-order valence-corrected chi connectivity index (χ3v) is 3.74. The van der Waals surface area contributed by atoms with Crippen LogP contribution >= 0.6 is 0 Å². The molecule has 0 radical (unpaired) electrons. The van der Waals surface area contributed by atoms with Crippen molar-refractivity contribution in [3.8, 4) is 34.3 Å². The predicted molar refractivity (Wildman–Crippen MR) is 105 cm³/mol. The first-order valence-corrected chi connectivity index (χ1v) is 8.87. The predicted octanol–water partition coefficient (Wildman–Crippen LogP) is 3.71. The Hall–Kier alpha value is -3.35. The van der Waals surface area contributed by atoms with Gasteiger partial charge in [-0.1, -0.05) is 23.4 Å². The quantitative estimate of drug-likeness (QED) is 0.700. The Morgan fingerprint density at radius 1 is 1.07 bits per heavy atom. The van der Waals surface area contributed by atoms with Crippen LogP contribution in [-0.2, 0) is 4.79 Å². The van der Waals surface area contributed by atoms with Gasteiger partial charge >= 0.3 is 0 Å². The van der Waals surface area contributed by atoms with Gasteiger partial charge in [0.2, 0.25) is 5.82 Å². The molecule has 0 aliphatic heterocycles. The van der Waals surface area contributed by atoms with E-state index in [-0.39, 0.29) is 18.1 Å². The molecule has 7 heteroatoms. The van der Waals surface area contributed by atoms with Gasteiger partial charge < -0.3 is 19.3 Å². The van der Waals surface area contributed by atoms with E-state index in [1.54, 1.807) is 18.2 Å². The van der Waals surface area contributed by atoms with Gasteiger partial charge in [-0.3, -0.25) is 4.79 Å². The molecule has 0 unspecified atom stereocenters. The van der Waals surface area contributed by atoms with Crippen LogP contribution in [0.4, 0.5) is 0 Å². The number of carbonyl (C=O) groups excluding carboxylic acids is 1. The second-order valence-corrected chi connectivity index (χ2v) is 7.24. The minimum atomic E-state index is -0.316. The zero-order valence-electron chi connectivity index (χ0n) is 16.4. The van der Waals surface area contributed by atoms with Crippen LogP contribution in [0, 0.1) is 0 Å². The highest BCUT2D eigenvalue weighted by Gasteiger charge is 2.16. The number of hydrogen-bond acceptors (Lipinski definition) is 6. The molecule has 1 N–H and O–H groups in total. The summed E-state index contributed by atoms with van der Waals surface area (Å²) in [5.41, 5.74) is 1.25. The molecule has 0 bridgehead atoms. The van der Waals surface area contributed by atoms with Gasteiger partial charge in [-0.2, -0.15) is 4.98 Å². The van der Waals surface area contributed by atoms with Gasteiger partial charge in [0.05, 0.1) is 7.11 Å². The molecule has 0 aliphatic rings. The van der Waals surface area contributed by atoms with Gasteiger partial charge in [0, 0.05) is 16.7 Å². The van der Waals surface area contributed by atoms with E-state index in [4.69, 9.17) is 14.0 Å². The molecule has 28 heavy (non-hydrogen) atoms. The molecular formula is C21H23N3O4. The summed E-state index contributed by atoms with van der Waals surface area (Å²) in [6.07, 6.45) is 0. The lowest BCUT2D eigenvalue weighted by Gasteiger charge is -2.20. The summed E-state index contributed by atoms with van der Waals surface area (Å²) in [5.74, 6) is 1.61. The SMILES string of the molecule is COc1cc(-c2noc(-c3ccccc3)n2)ccc1OCC(=O)NC(C)(C)C. The number of nitrogens with one attached hydrogen (secondary N) is 1. The number of nitrogens with zero attached hydrogens (tertiary/aromatic N) is 2. The molecular weight excluding hydrogens is 358 g/mol. The van der Waals surface area contributed by atoms with Crippen molar-refractivity contribution in [2.24, 2.45) is 0 Å². The second kappa shape index (κ2) is 8.12. The molecule has 0 spiro atoms. The summed E-state index contributed by atoms with van der Waals surface area (Å²) in [6.45, 7) is 5.63. The topological polar surface area (TPSA) is 86.5 Å². The molecule has 7 nitrogen and oxygen atoms in total. The molecule has 3 rings (SSSR count). The van der Waals surface area contributed by atoms with Crippen LogP contribution in [0.1, 0.15) is 20.8 Å². The molecule has 0 atom stereocenters. The zero-order valence-corrected chi connectivity index (χ0v) is 16.4. The van der Waals surface area contributed by atoms with E-state index in [2.05, 4.69) is 15.5 Å². The highest BCUT2D eigenvalue weighted by Crippen LogP contribution is 2.32. The first kappa shape index (κ1) is 19.4. The Morgan fingerprint density at radius 2 is 1.82 bits per heavy atom. The minimum absolute atomic E-state index is 0.104. The van der Waals surface area contributed by atoms with Crippen LogP contribution in [0.2, 0.25) is 0 Å². The zero-order chi connectivity index (χ0) is 20.1. The Labute approximate surface area is 163 Å². The Kier molecular flexibility index (Phi) is 5.63. The maximum Gasteiger partial charge on any atom is 0.258 e. The summed E-state index contributed by atoms with van der Waals surface area (Å²) in [7, 11) is 1.53. The van der Waals surface area contributed by atoms with Crippen molar-refractivity contribution in [2.45, 2.75) is 26.3 Å². The molecule has 1 aromatic heterocycles. The van der Waals surface area contributed by atoms with Crippen LogP contribution in [0.25, 0.3) is 22.8 Å². The monoisotopic (exact) mass is 381 g/mol. The van der Waals surface area contributed by atoms with E-state index in [0.29, 0.717) is 28.8 Å². The van der Waals surface area contributed by atoms with Crippen LogP contribution in [0.5, 0.6) is 11.5 Å². The van der Waals surface area contributed by atoms with Crippen molar-refractivity contribution in [1.82, 2.24) is 15.5 Å². The fourth-order valence-electron chi connectivity index (χ4n) is 2.56. The lowest BCUT2D eigenvalue weighted by molar-refractivity contribution is -0.124. The van der Waals surface area contributed by atoms with E-state index in [9.17, 15) is 4.79 Å². The van der Waals surface area contributed by atoms with Gasteiger partial charge in [0.1, 0.15) is 0 Å². The maximum atomic E-state index is 11.9. The highest BCUT2D eigenvalue weighted by atomic mass is 16.5. The Morgan fingerprint density at radius 3 is 2.50 bits per heavy atom. The molecule has 0 saturated heterocycles. The smallest absolute Gasteiger partial charge is 0.258 e. The average molecular weight is 381 g/mol. The summed E-state index contributed by atoms with van der Waals surface area (Å²) < 4.78 is 16.3. The fourth-order valence-corrected chi connectivity index (χ4v) is 2.56. The number of aromatic nitrogens is 2. The van der Waals surface area contributed by atoms with Crippen LogP contribution in [0.15, 0.2) is 53.1 Å². The molecule has 2 aromatic carbocycles. The van der Waals surface area contributed by atoms with Gasteiger partial charge in [-0.15, -0.1) is 0 Å². The summed E-state index contributed by atoms with van der Waals surface area (Å²) in [4.78, 5) is 16.4. The number of rotatable bonds is 6. The minimum Gasteiger partial charge on any atom is -0.493 e. The first-order chi connectivity index (χ1) is 13.4. The third-order valence-electron chi connectivity index (χ3n) is 3.74.